The van der Waals surface area contributed by atoms with E-state index in [1.807, 2.05) is 6.92 Å². The van der Waals surface area contributed by atoms with E-state index in [1.54, 1.807) is 6.07 Å². The number of hydrogen-bond donors (Lipinski definition) is 3. The van der Waals surface area contributed by atoms with Crippen LogP contribution in [0.3, 0.4) is 0 Å². The molecule has 8 nitrogen and oxygen atoms in total. The fourth-order valence-corrected chi connectivity index (χ4v) is 2.41. The van der Waals surface area contributed by atoms with E-state index in [9.17, 15) is 24.6 Å². The summed E-state index contributed by atoms with van der Waals surface area (Å²) in [5, 5.41) is 21.7. The van der Waals surface area contributed by atoms with Gasteiger partial charge in [0.25, 0.3) is 0 Å². The monoisotopic (exact) mass is 365 g/mol. The molecular formula is C18H23NO7. The van der Waals surface area contributed by atoms with Crippen molar-refractivity contribution in [2.24, 2.45) is 0 Å². The first-order valence-electron chi connectivity index (χ1n) is 8.04. The van der Waals surface area contributed by atoms with Crippen LogP contribution in [0.2, 0.25) is 0 Å². The third kappa shape index (κ3) is 6.12. The van der Waals surface area contributed by atoms with Gasteiger partial charge >= 0.3 is 11.9 Å². The first-order chi connectivity index (χ1) is 12.3. The molecule has 3 N–H and O–H groups in total. The van der Waals surface area contributed by atoms with Gasteiger partial charge in [-0.3, -0.25) is 4.79 Å². The average molecular weight is 365 g/mol. The maximum absolute atomic E-state index is 12.4. The Labute approximate surface area is 151 Å². The zero-order valence-corrected chi connectivity index (χ0v) is 14.7. The number of phenolic OH excluding ortho intramolecular Hbond substituents is 2. The molecule has 1 amide bonds. The van der Waals surface area contributed by atoms with Gasteiger partial charge in [0, 0.05) is 18.9 Å². The lowest BCUT2D eigenvalue weighted by Crippen LogP contribution is -2.45. The molecule has 1 aromatic carbocycles. The maximum atomic E-state index is 12.4. The summed E-state index contributed by atoms with van der Waals surface area (Å²) in [7, 11) is 0. The first-order valence-corrected chi connectivity index (χ1v) is 8.04. The highest BCUT2D eigenvalue weighted by atomic mass is 16.6. The van der Waals surface area contributed by atoms with Crippen molar-refractivity contribution >= 4 is 17.8 Å². The summed E-state index contributed by atoms with van der Waals surface area (Å²) >= 11 is 0. The fraction of sp³-hybridized carbons (Fsp3) is 0.389. The van der Waals surface area contributed by atoms with Crippen LogP contribution in [0.15, 0.2) is 30.9 Å². The predicted octanol–water partition coefficient (Wildman–Crippen LogP) is 1.37. The summed E-state index contributed by atoms with van der Waals surface area (Å²) in [5.41, 5.74) is 0.552. The number of aromatic hydroxyl groups is 2. The molecule has 0 aliphatic rings. The number of rotatable bonds is 9. The van der Waals surface area contributed by atoms with Gasteiger partial charge < -0.3 is 25.0 Å². The Balaban J connectivity index is 2.89. The molecule has 0 heterocycles. The Morgan fingerprint density at radius 3 is 2.38 bits per heavy atom. The smallest absolute Gasteiger partial charge is 0.330 e. The molecule has 26 heavy (non-hydrogen) atoms. The molecule has 0 bridgehead atoms. The average Bonchev–Trinajstić information content (AvgIpc) is 2.60. The van der Waals surface area contributed by atoms with Gasteiger partial charge in [0.2, 0.25) is 5.91 Å². The number of hydrogen-bond acceptors (Lipinski definition) is 7. The molecule has 0 aromatic heterocycles. The second-order valence-electron chi connectivity index (χ2n) is 5.48. The molecule has 142 valence electrons. The predicted molar refractivity (Wildman–Crippen MR) is 92.5 cm³/mol. The zero-order valence-electron chi connectivity index (χ0n) is 14.7. The van der Waals surface area contributed by atoms with E-state index in [1.165, 1.54) is 19.1 Å². The maximum Gasteiger partial charge on any atom is 0.330 e. The second-order valence-corrected chi connectivity index (χ2v) is 5.48. The Morgan fingerprint density at radius 2 is 1.85 bits per heavy atom. The van der Waals surface area contributed by atoms with Crippen molar-refractivity contribution in [3.8, 4) is 11.5 Å². The largest absolute Gasteiger partial charge is 0.504 e. The number of phenols is 2. The van der Waals surface area contributed by atoms with Crippen LogP contribution in [0.1, 0.15) is 31.7 Å². The SMILES string of the molecule is C=CC(=O)OCCOC(=O)C(NC(C)=O)C(CC)c1ccc(O)c(O)c1. The van der Waals surface area contributed by atoms with E-state index in [-0.39, 0.29) is 24.7 Å². The van der Waals surface area contributed by atoms with Gasteiger partial charge in [0.05, 0.1) is 0 Å². The topological polar surface area (TPSA) is 122 Å². The van der Waals surface area contributed by atoms with E-state index < -0.39 is 29.8 Å². The molecule has 1 aromatic rings. The van der Waals surface area contributed by atoms with Gasteiger partial charge in [-0.1, -0.05) is 19.6 Å². The van der Waals surface area contributed by atoms with Crippen molar-refractivity contribution in [1.29, 1.82) is 0 Å². The molecule has 2 atom stereocenters. The Morgan fingerprint density at radius 1 is 1.19 bits per heavy atom. The van der Waals surface area contributed by atoms with Crippen LogP contribution in [0.4, 0.5) is 0 Å². The van der Waals surface area contributed by atoms with Crippen LogP contribution in [0, 0.1) is 0 Å². The van der Waals surface area contributed by atoms with Gasteiger partial charge in [-0.15, -0.1) is 0 Å². The number of amides is 1. The van der Waals surface area contributed by atoms with Gasteiger partial charge in [0.15, 0.2) is 11.5 Å². The minimum absolute atomic E-state index is 0.139. The summed E-state index contributed by atoms with van der Waals surface area (Å²) in [4.78, 5) is 34.9. The van der Waals surface area contributed by atoms with E-state index in [2.05, 4.69) is 11.9 Å². The summed E-state index contributed by atoms with van der Waals surface area (Å²) in [6.07, 6.45) is 1.45. The minimum atomic E-state index is -1.00. The van der Waals surface area contributed by atoms with Crippen LogP contribution >= 0.6 is 0 Å². The molecule has 0 saturated carbocycles. The van der Waals surface area contributed by atoms with Crippen LogP contribution in [0.5, 0.6) is 11.5 Å². The standard InChI is InChI=1S/C18H23NO7/c1-4-13(12-6-7-14(21)15(22)10-12)17(19-11(3)20)18(24)26-9-8-25-16(23)5-2/h5-7,10,13,17,21-22H,2,4,8-9H2,1,3H3,(H,19,20). The van der Waals surface area contributed by atoms with E-state index in [0.29, 0.717) is 12.0 Å². The van der Waals surface area contributed by atoms with E-state index in [0.717, 1.165) is 6.08 Å². The highest BCUT2D eigenvalue weighted by Gasteiger charge is 2.31. The van der Waals surface area contributed by atoms with Crippen LogP contribution in [0.25, 0.3) is 0 Å². The molecule has 0 spiro atoms. The first kappa shape index (κ1) is 21.0. The Hall–Kier alpha value is -3.03. The van der Waals surface area contributed by atoms with Gasteiger partial charge in [-0.2, -0.15) is 0 Å². The Kier molecular flexibility index (Phi) is 8.14. The molecule has 0 aliphatic heterocycles. The lowest BCUT2D eigenvalue weighted by Gasteiger charge is -2.26. The van der Waals surface area contributed by atoms with Gasteiger partial charge in [0.1, 0.15) is 19.3 Å². The third-order valence-electron chi connectivity index (χ3n) is 3.62. The number of carbonyl (C=O) groups is 3. The normalized spacial score (nSPS) is 12.5. The number of ether oxygens (including phenoxy) is 2. The van der Waals surface area contributed by atoms with Crippen molar-refractivity contribution in [2.75, 3.05) is 13.2 Å². The van der Waals surface area contributed by atoms with Gasteiger partial charge in [-0.05, 0) is 24.1 Å². The van der Waals surface area contributed by atoms with Crippen molar-refractivity contribution in [3.05, 3.63) is 36.4 Å². The van der Waals surface area contributed by atoms with Crippen molar-refractivity contribution in [3.63, 3.8) is 0 Å². The van der Waals surface area contributed by atoms with Crippen molar-refractivity contribution < 1.29 is 34.1 Å². The molecule has 8 heteroatoms. The highest BCUT2D eigenvalue weighted by molar-refractivity contribution is 5.84. The summed E-state index contributed by atoms with van der Waals surface area (Å²) < 4.78 is 9.80. The van der Waals surface area contributed by atoms with Crippen molar-refractivity contribution in [1.82, 2.24) is 5.32 Å². The van der Waals surface area contributed by atoms with Crippen LogP contribution in [-0.2, 0) is 23.9 Å². The fourth-order valence-electron chi connectivity index (χ4n) is 2.41. The highest BCUT2D eigenvalue weighted by Crippen LogP contribution is 2.32. The zero-order chi connectivity index (χ0) is 19.7. The summed E-state index contributed by atoms with van der Waals surface area (Å²) in [5.74, 6) is -2.86. The van der Waals surface area contributed by atoms with Crippen molar-refractivity contribution in [2.45, 2.75) is 32.2 Å². The second kappa shape index (κ2) is 10.1. The summed E-state index contributed by atoms with van der Waals surface area (Å²) in [6.45, 7) is 6.01. The molecule has 0 aliphatic carbocycles. The molecule has 0 saturated heterocycles. The number of benzene rings is 1. The van der Waals surface area contributed by atoms with Gasteiger partial charge in [-0.25, -0.2) is 9.59 Å². The molecule has 0 radical (unpaired) electrons. The lowest BCUT2D eigenvalue weighted by atomic mass is 9.88. The molecule has 2 unspecified atom stereocenters. The number of carbonyl (C=O) groups excluding carboxylic acids is 3. The van der Waals surface area contributed by atoms with E-state index >= 15 is 0 Å². The lowest BCUT2D eigenvalue weighted by molar-refractivity contribution is -0.152. The number of nitrogens with one attached hydrogen (secondary N) is 1. The Bertz CT molecular complexity index is 672. The van der Waals surface area contributed by atoms with Crippen LogP contribution in [-0.4, -0.2) is 47.3 Å². The minimum Gasteiger partial charge on any atom is -0.504 e. The third-order valence-corrected chi connectivity index (χ3v) is 3.62. The summed E-state index contributed by atoms with van der Waals surface area (Å²) in [6, 6.07) is 3.18. The quantitative estimate of drug-likeness (QED) is 0.261. The van der Waals surface area contributed by atoms with Crippen LogP contribution < -0.4 is 5.32 Å². The van der Waals surface area contributed by atoms with E-state index in [4.69, 9.17) is 9.47 Å². The molecule has 1 rings (SSSR count). The molecular weight excluding hydrogens is 342 g/mol. The molecule has 0 fully saturated rings. The number of esters is 2.